The number of aromatic carboxylic acids is 1. The van der Waals surface area contributed by atoms with Gasteiger partial charge in [-0.3, -0.25) is 76.9 Å². The first-order valence-electron chi connectivity index (χ1n) is 50.1. The molecule has 794 valence electrons. The Morgan fingerprint density at radius 2 is 1.28 bits per heavy atom. The van der Waals surface area contributed by atoms with Crippen molar-refractivity contribution in [3.8, 4) is 5.75 Å². The van der Waals surface area contributed by atoms with Gasteiger partial charge in [0, 0.05) is 74.8 Å². The maximum Gasteiger partial charge on any atom is 0.339 e. The molecule has 7 rings (SSSR count). The first-order valence-corrected chi connectivity index (χ1v) is 51.1. The van der Waals surface area contributed by atoms with Gasteiger partial charge in [-0.05, 0) is 169 Å². The van der Waals surface area contributed by atoms with E-state index in [-0.39, 0.29) is 168 Å². The van der Waals surface area contributed by atoms with Crippen LogP contribution in [0, 0.1) is 54.3 Å². The third-order valence-electron chi connectivity index (χ3n) is 28.1. The number of thioether (sulfide) groups is 1. The summed E-state index contributed by atoms with van der Waals surface area (Å²) < 4.78 is 13.2. The largest absolute Gasteiger partial charge is 0.507 e. The molecule has 12 amide bonds. The molecule has 2 aromatic carbocycles. The summed E-state index contributed by atoms with van der Waals surface area (Å²) in [4.78, 5) is 232. The van der Waals surface area contributed by atoms with E-state index in [0.29, 0.717) is 66.0 Å². The number of hydrogen-bond donors (Lipinski definition) is 21. The zero-order valence-corrected chi connectivity index (χ0v) is 89.5. The van der Waals surface area contributed by atoms with E-state index in [2.05, 4.69) is 87.3 Å². The number of hydrogen-bond acceptors (Lipinski definition) is 26. The molecule has 1 aromatic heterocycles. The molecule has 0 radical (unpaired) electrons. The summed E-state index contributed by atoms with van der Waals surface area (Å²) >= 11 is 1.35. The second-order valence-electron chi connectivity index (χ2n) is 39.2. The summed E-state index contributed by atoms with van der Waals surface area (Å²) in [5, 5.41) is 91.1. The fourth-order valence-electron chi connectivity index (χ4n) is 18.3. The molecule has 24 N–H and O–H groups in total. The Balaban J connectivity index is 0.000000694. The quantitative estimate of drug-likeness (QED) is 0.0353. The number of aliphatic imine (C=N–C) groups is 1. The van der Waals surface area contributed by atoms with Crippen molar-refractivity contribution in [3.63, 3.8) is 0 Å². The number of aliphatic hydroxyl groups excluding tert-OH is 1. The molecular formula is C100H157N17O24SZn. The number of aryl methyl sites for hydroxylation is 2. The van der Waals surface area contributed by atoms with E-state index in [9.17, 15) is 107 Å². The smallest absolute Gasteiger partial charge is 0.339 e. The summed E-state index contributed by atoms with van der Waals surface area (Å²) in [5.41, 5.74) is 18.3. The van der Waals surface area contributed by atoms with Crippen molar-refractivity contribution < 1.29 is 136 Å². The number of ketones is 1. The van der Waals surface area contributed by atoms with Crippen LogP contribution in [0.5, 0.6) is 5.75 Å². The van der Waals surface area contributed by atoms with Gasteiger partial charge < -0.3 is 121 Å². The molecule has 0 bridgehead atoms. The number of benzene rings is 2. The van der Waals surface area contributed by atoms with Crippen LogP contribution >= 0.6 is 11.8 Å². The number of Topliss-reactive ketones (excluding diaryl/α,β-unsaturated/α-hetero) is 1. The number of imidazole rings is 1. The normalized spacial score (nSPS) is 25.8. The van der Waals surface area contributed by atoms with Crippen LogP contribution in [0.4, 0.5) is 0 Å². The fraction of sp³-hybridized carbons (Fsp3) is 0.680. The average molecular weight is 2080 g/mol. The average Bonchev–Trinajstić information content (AvgIpc) is 1.60. The molecule has 5 heterocycles. The van der Waals surface area contributed by atoms with Gasteiger partial charge in [-0.1, -0.05) is 159 Å². The van der Waals surface area contributed by atoms with Crippen LogP contribution in [-0.4, -0.2) is 267 Å². The molecule has 3 fully saturated rings. The monoisotopic (exact) mass is 2080 g/mol. The van der Waals surface area contributed by atoms with Crippen molar-refractivity contribution in [2.45, 2.75) is 367 Å². The number of phenols is 1. The van der Waals surface area contributed by atoms with E-state index in [4.69, 9.17) is 26.7 Å². The van der Waals surface area contributed by atoms with Crippen molar-refractivity contribution in [2.75, 3.05) is 18.8 Å². The fourth-order valence-corrected chi connectivity index (χ4v) is 19.5. The number of aromatic hydroxyl groups is 1. The van der Waals surface area contributed by atoms with Gasteiger partial charge in [0.05, 0.1) is 65.9 Å². The topological polar surface area (TPSA) is 664 Å². The Morgan fingerprint density at radius 3 is 1.85 bits per heavy atom. The SMILES string of the molecule is CC[C@@H](C(=O)[C@@H](C)[C@@H](O)[C@H](C)CCc1ccc(C)c(O)c1C(=O)O)[C@H]1O[C@](CC)([C@H]2CC[C@](O)(CC)[C@H](C)O2)C[C@@H]1C.CC[C@H](C)[C@H](N)C1=N[C@H](C(=O)N[C@@H](CC(C)C)C(=O)N[C@H](CCC(=O)O)C(=O)N[C@H](C(=O)N[C@H]2CCCCNC(=O)[C@H](CC(N)=O)NC(=O)[C@@H](CC(=O)O)NC(=O)[C@H](Cc3cnc[nH]3)NC(=O)[C@@H](Cc3ccccc3)NC(=O)[C@H]([C@@H](C)CC)NC(=O)[C@@H](CCCN)NC2=O)[C@@H](C)CC)CS1.[Zn]. The Hall–Kier alpha value is -10.4. The number of aliphatic carboxylic acids is 2. The van der Waals surface area contributed by atoms with Gasteiger partial charge in [-0.15, -0.1) is 11.8 Å². The molecule has 3 aromatic rings. The van der Waals surface area contributed by atoms with Crippen molar-refractivity contribution >= 4 is 111 Å². The van der Waals surface area contributed by atoms with Crippen molar-refractivity contribution in [1.29, 1.82) is 0 Å². The van der Waals surface area contributed by atoms with Crippen LogP contribution < -0.4 is 75.7 Å². The molecule has 0 spiro atoms. The first-order chi connectivity index (χ1) is 67.0. The minimum Gasteiger partial charge on any atom is -0.507 e. The second-order valence-corrected chi connectivity index (χ2v) is 40.2. The number of primary amides is 1. The van der Waals surface area contributed by atoms with E-state index in [1.54, 1.807) is 84.0 Å². The minimum atomic E-state index is -1.94. The molecule has 0 aliphatic carbocycles. The summed E-state index contributed by atoms with van der Waals surface area (Å²) in [7, 11) is 0. The Bertz CT molecular complexity index is 4790. The van der Waals surface area contributed by atoms with Gasteiger partial charge in [0.1, 0.15) is 83.6 Å². The third-order valence-corrected chi connectivity index (χ3v) is 29.3. The van der Waals surface area contributed by atoms with Gasteiger partial charge in [0.2, 0.25) is 70.9 Å². The Kier molecular flexibility index (Phi) is 51.0. The predicted octanol–water partition coefficient (Wildman–Crippen LogP) is 4.16. The van der Waals surface area contributed by atoms with Crippen LogP contribution in [0.25, 0.3) is 0 Å². The van der Waals surface area contributed by atoms with E-state index >= 15 is 0 Å². The number of carbonyl (C=O) groups is 16. The van der Waals surface area contributed by atoms with E-state index in [1.165, 1.54) is 24.3 Å². The zero-order valence-electron chi connectivity index (χ0n) is 85.7. The van der Waals surface area contributed by atoms with Gasteiger partial charge >= 0.3 is 17.9 Å². The number of amides is 12. The number of carboxylic acids is 3. The van der Waals surface area contributed by atoms with Crippen LogP contribution in [0.15, 0.2) is 60.0 Å². The molecule has 41 nitrogen and oxygen atoms in total. The molecule has 43 heteroatoms. The van der Waals surface area contributed by atoms with Gasteiger partial charge in [-0.25, -0.2) is 9.78 Å². The molecule has 0 unspecified atom stereocenters. The number of carboxylic acid groups (broad SMARTS) is 3. The van der Waals surface area contributed by atoms with Crippen LogP contribution in [0.2, 0.25) is 0 Å². The van der Waals surface area contributed by atoms with Crippen molar-refractivity contribution in [1.82, 2.24) is 68.5 Å². The Labute approximate surface area is 855 Å². The number of H-pyrrole nitrogens is 1. The summed E-state index contributed by atoms with van der Waals surface area (Å²) in [5.74, 6) is -17.9. The summed E-state index contributed by atoms with van der Waals surface area (Å²) in [6.07, 6.45) is 3.71. The van der Waals surface area contributed by atoms with E-state index in [0.717, 1.165) is 19.3 Å². The van der Waals surface area contributed by atoms with Gasteiger partial charge in [0.15, 0.2) is 0 Å². The predicted molar refractivity (Wildman–Crippen MR) is 531 cm³/mol. The number of aromatic nitrogens is 2. The number of nitrogens with one attached hydrogen (secondary N) is 12. The maximum atomic E-state index is 14.9. The maximum absolute atomic E-state index is 14.9. The first kappa shape index (κ1) is 123. The van der Waals surface area contributed by atoms with Gasteiger partial charge in [-0.2, -0.15) is 0 Å². The third kappa shape index (κ3) is 36.3. The molecule has 0 saturated carbocycles. The number of nitrogens with two attached hydrogens (primary N) is 3. The van der Waals surface area contributed by atoms with Crippen molar-refractivity contribution in [2.24, 2.45) is 69.5 Å². The molecule has 4 aliphatic heterocycles. The summed E-state index contributed by atoms with van der Waals surface area (Å²) in [6, 6.07) is -4.94. The standard InChI is InChI=1S/C66H103N17O16S.C34H54O8.Zn/c1-9-35(6)52(69)66-81-48(32-100-66)63(97)76-43(26-34(4)5)59(93)74-42(22-23-50(85)86)58(92)83-53(36(7)10-2)64(98)75-40-20-15-16-25-71-55(89)46(29-49(68)84)78-62(96)47(30-51(87)88)79-61(95)45(28-39-31-70-33-72-39)77-60(94)44(27-38-18-13-12-14-19-38)80-65(99)54(37(8)11-3)82-57(91)41(21-17-24-67)73-56(40)90;1-9-25(31-21(6)18-34(11-3,42-31)26-16-17-33(40,10-2)23(8)41-26)30(37)22(7)28(35)19(4)12-14-24-15-13-20(5)29(36)27(24)32(38)39;/h12-14,18-19,31,33-37,40-48,52-54H,9-11,15-17,20-30,32,67,69H2,1-8H3,(H2,68,84)(H,70,72)(H,71,89)(H,73,90)(H,74,93)(H,75,98)(H,76,97)(H,77,94)(H,78,96)(H,79,95)(H,80,99)(H,82,91)(H,83,92)(H,85,86)(H,87,88);13,15,19,21-23,25-26,28,31,35-36,40H,9-12,14,16-18H2,1-8H3,(H,38,39);/t35-,36-,37-,40-,41+,42+,43-,44+,45-,46-,47+,48-,52-,53-,54-;19-,21+,22+,23+,25+,26-,28+,31+,33-,34+;/m01./s1. The number of aliphatic hydroxyl groups is 2. The van der Waals surface area contributed by atoms with Crippen LogP contribution in [0.1, 0.15) is 265 Å². The van der Waals surface area contributed by atoms with Crippen LogP contribution in [-0.2, 0) is 120 Å². The van der Waals surface area contributed by atoms with Crippen LogP contribution in [0.3, 0.4) is 0 Å². The molecule has 25 atom stereocenters. The molecule has 143 heavy (non-hydrogen) atoms. The second kappa shape index (κ2) is 59.3. The number of rotatable bonds is 44. The number of aromatic amines is 1. The number of nitrogens with zero attached hydrogens (tertiary/aromatic N) is 2. The van der Waals surface area contributed by atoms with E-state index in [1.807, 2.05) is 55.4 Å². The Morgan fingerprint density at radius 1 is 0.664 bits per heavy atom. The molecule has 3 saturated heterocycles. The summed E-state index contributed by atoms with van der Waals surface area (Å²) in [6.45, 7) is 29.5. The number of ether oxygens (including phenoxy) is 2. The molecule has 4 aliphatic rings. The van der Waals surface area contributed by atoms with E-state index < -0.39 is 222 Å². The van der Waals surface area contributed by atoms with Crippen molar-refractivity contribution in [3.05, 3.63) is 82.9 Å². The molecular weight excluding hydrogens is 1920 g/mol. The van der Waals surface area contributed by atoms with Gasteiger partial charge in [0.25, 0.3) is 0 Å². The number of carbonyl (C=O) groups excluding carboxylic acids is 13. The minimum absolute atomic E-state index is 0. The zero-order chi connectivity index (χ0) is 106.